The van der Waals surface area contributed by atoms with E-state index < -0.39 is 0 Å². The molecule has 0 heterocycles. The second-order valence-electron chi connectivity index (χ2n) is 4.50. The number of methoxy groups -OCH3 is 1. The fourth-order valence-corrected chi connectivity index (χ4v) is 1.75. The number of benzene rings is 1. The number of nitrogens with zero attached hydrogens (tertiary/aromatic N) is 1. The molecule has 0 aliphatic heterocycles. The minimum Gasteiger partial charge on any atom is -0.497 e. The predicted octanol–water partition coefficient (Wildman–Crippen LogP) is 2.12. The van der Waals surface area contributed by atoms with E-state index in [1.54, 1.807) is 7.11 Å². The average Bonchev–Trinajstić information content (AvgIpc) is 2.36. The summed E-state index contributed by atoms with van der Waals surface area (Å²) in [5.74, 6) is 0.916. The molecule has 1 aromatic carbocycles. The van der Waals surface area contributed by atoms with Crippen molar-refractivity contribution in [2.75, 3.05) is 27.7 Å². The van der Waals surface area contributed by atoms with Gasteiger partial charge in [-0.2, -0.15) is 0 Å². The fraction of sp³-hybridized carbons (Fsp3) is 0.571. The van der Waals surface area contributed by atoms with Gasteiger partial charge in [-0.1, -0.05) is 12.1 Å². The summed E-state index contributed by atoms with van der Waals surface area (Å²) in [4.78, 5) is 2.37. The Morgan fingerprint density at radius 1 is 1.29 bits per heavy atom. The van der Waals surface area contributed by atoms with Gasteiger partial charge in [0.1, 0.15) is 5.75 Å². The maximum absolute atomic E-state index is 5.15. The zero-order chi connectivity index (χ0) is 12.7. The molecule has 3 heteroatoms. The molecular weight excluding hydrogens is 212 g/mol. The van der Waals surface area contributed by atoms with E-state index in [1.165, 1.54) is 12.0 Å². The standard InChI is InChI=1S/C14H24N2O/c1-12(9-10-15-2)16(3)11-13-5-7-14(17-4)8-6-13/h5-8,12,15H,9-11H2,1-4H3. The molecule has 1 rings (SSSR count). The summed E-state index contributed by atoms with van der Waals surface area (Å²) in [6.45, 7) is 4.31. The number of rotatable bonds is 7. The van der Waals surface area contributed by atoms with E-state index in [4.69, 9.17) is 4.74 Å². The topological polar surface area (TPSA) is 24.5 Å². The lowest BCUT2D eigenvalue weighted by atomic mass is 10.1. The van der Waals surface area contributed by atoms with E-state index in [0.29, 0.717) is 6.04 Å². The number of ether oxygens (including phenoxy) is 1. The lowest BCUT2D eigenvalue weighted by Crippen LogP contribution is -2.31. The van der Waals surface area contributed by atoms with Gasteiger partial charge in [0, 0.05) is 12.6 Å². The van der Waals surface area contributed by atoms with Crippen LogP contribution < -0.4 is 10.1 Å². The van der Waals surface area contributed by atoms with E-state index in [2.05, 4.69) is 36.3 Å². The number of hydrogen-bond acceptors (Lipinski definition) is 3. The van der Waals surface area contributed by atoms with Gasteiger partial charge < -0.3 is 10.1 Å². The van der Waals surface area contributed by atoms with Crippen LogP contribution in [-0.4, -0.2) is 38.7 Å². The minimum absolute atomic E-state index is 0.588. The normalized spacial score (nSPS) is 12.8. The molecule has 0 amide bonds. The first-order valence-corrected chi connectivity index (χ1v) is 6.15. The molecule has 0 aromatic heterocycles. The van der Waals surface area contributed by atoms with Gasteiger partial charge >= 0.3 is 0 Å². The molecule has 96 valence electrons. The Bertz CT molecular complexity index is 311. The second-order valence-corrected chi connectivity index (χ2v) is 4.50. The van der Waals surface area contributed by atoms with E-state index >= 15 is 0 Å². The van der Waals surface area contributed by atoms with Crippen LogP contribution in [-0.2, 0) is 6.54 Å². The van der Waals surface area contributed by atoms with Crippen molar-refractivity contribution in [2.45, 2.75) is 25.9 Å². The van der Waals surface area contributed by atoms with Gasteiger partial charge in [0.05, 0.1) is 7.11 Å². The first kappa shape index (κ1) is 14.0. The number of nitrogens with one attached hydrogen (secondary N) is 1. The predicted molar refractivity (Wildman–Crippen MR) is 72.5 cm³/mol. The van der Waals surface area contributed by atoms with Crippen LogP contribution in [0, 0.1) is 0 Å². The van der Waals surface area contributed by atoms with Crippen molar-refractivity contribution in [3.05, 3.63) is 29.8 Å². The van der Waals surface area contributed by atoms with Crippen LogP contribution in [0.3, 0.4) is 0 Å². The Morgan fingerprint density at radius 2 is 1.94 bits per heavy atom. The molecule has 0 saturated carbocycles. The van der Waals surface area contributed by atoms with Crippen LogP contribution in [0.1, 0.15) is 18.9 Å². The van der Waals surface area contributed by atoms with Gasteiger partial charge in [-0.3, -0.25) is 4.90 Å². The summed E-state index contributed by atoms with van der Waals surface area (Å²) in [5.41, 5.74) is 1.32. The summed E-state index contributed by atoms with van der Waals surface area (Å²) in [7, 11) is 5.86. The molecule has 0 aliphatic carbocycles. The molecule has 0 fully saturated rings. The Balaban J connectivity index is 2.46. The molecule has 1 aromatic rings. The molecule has 17 heavy (non-hydrogen) atoms. The molecule has 1 unspecified atom stereocenters. The monoisotopic (exact) mass is 236 g/mol. The quantitative estimate of drug-likeness (QED) is 0.785. The molecule has 0 saturated heterocycles. The maximum Gasteiger partial charge on any atom is 0.118 e. The fourth-order valence-electron chi connectivity index (χ4n) is 1.75. The molecule has 0 bridgehead atoms. The highest BCUT2D eigenvalue weighted by Crippen LogP contribution is 2.13. The van der Waals surface area contributed by atoms with E-state index in [-0.39, 0.29) is 0 Å². The van der Waals surface area contributed by atoms with E-state index in [0.717, 1.165) is 18.8 Å². The highest BCUT2D eigenvalue weighted by molar-refractivity contribution is 5.27. The van der Waals surface area contributed by atoms with Crippen molar-refractivity contribution in [1.29, 1.82) is 0 Å². The van der Waals surface area contributed by atoms with Crippen LogP contribution in [0.15, 0.2) is 24.3 Å². The smallest absolute Gasteiger partial charge is 0.118 e. The van der Waals surface area contributed by atoms with Crippen LogP contribution in [0.5, 0.6) is 5.75 Å². The molecule has 1 atom stereocenters. The molecule has 0 aliphatic rings. The Kier molecular flexibility index (Phi) is 6.01. The van der Waals surface area contributed by atoms with Gasteiger partial charge in [-0.25, -0.2) is 0 Å². The molecular formula is C14H24N2O. The Hall–Kier alpha value is -1.06. The van der Waals surface area contributed by atoms with Crippen LogP contribution >= 0.6 is 0 Å². The van der Waals surface area contributed by atoms with Crippen LogP contribution in [0.2, 0.25) is 0 Å². The van der Waals surface area contributed by atoms with Gasteiger partial charge in [0.25, 0.3) is 0 Å². The highest BCUT2D eigenvalue weighted by Gasteiger charge is 2.08. The largest absolute Gasteiger partial charge is 0.497 e. The van der Waals surface area contributed by atoms with E-state index in [9.17, 15) is 0 Å². The third-order valence-electron chi connectivity index (χ3n) is 3.16. The molecule has 0 radical (unpaired) electrons. The first-order chi connectivity index (χ1) is 8.17. The lowest BCUT2D eigenvalue weighted by molar-refractivity contribution is 0.237. The molecule has 1 N–H and O–H groups in total. The molecule has 3 nitrogen and oxygen atoms in total. The average molecular weight is 236 g/mol. The summed E-state index contributed by atoms with van der Waals surface area (Å²) >= 11 is 0. The highest BCUT2D eigenvalue weighted by atomic mass is 16.5. The van der Waals surface area contributed by atoms with Crippen molar-refractivity contribution < 1.29 is 4.74 Å². The summed E-state index contributed by atoms with van der Waals surface area (Å²) in [6.07, 6.45) is 1.17. The maximum atomic E-state index is 5.15. The third kappa shape index (κ3) is 4.75. The van der Waals surface area contributed by atoms with Gasteiger partial charge in [-0.15, -0.1) is 0 Å². The van der Waals surface area contributed by atoms with E-state index in [1.807, 2.05) is 19.2 Å². The zero-order valence-electron chi connectivity index (χ0n) is 11.4. The summed E-state index contributed by atoms with van der Waals surface area (Å²) in [5, 5.41) is 3.19. The van der Waals surface area contributed by atoms with Crippen molar-refractivity contribution in [2.24, 2.45) is 0 Å². The van der Waals surface area contributed by atoms with Crippen molar-refractivity contribution in [1.82, 2.24) is 10.2 Å². The minimum atomic E-state index is 0.588. The van der Waals surface area contributed by atoms with Crippen molar-refractivity contribution >= 4 is 0 Å². The number of hydrogen-bond donors (Lipinski definition) is 1. The zero-order valence-corrected chi connectivity index (χ0v) is 11.4. The van der Waals surface area contributed by atoms with Crippen molar-refractivity contribution in [3.63, 3.8) is 0 Å². The Labute approximate surface area is 105 Å². The van der Waals surface area contributed by atoms with Crippen LogP contribution in [0.25, 0.3) is 0 Å². The summed E-state index contributed by atoms with van der Waals surface area (Å²) in [6, 6.07) is 8.87. The first-order valence-electron chi connectivity index (χ1n) is 6.15. The summed E-state index contributed by atoms with van der Waals surface area (Å²) < 4.78 is 5.15. The third-order valence-corrected chi connectivity index (χ3v) is 3.16. The van der Waals surface area contributed by atoms with Gasteiger partial charge in [-0.05, 0) is 51.7 Å². The second kappa shape index (κ2) is 7.30. The van der Waals surface area contributed by atoms with Gasteiger partial charge in [0.15, 0.2) is 0 Å². The molecule has 0 spiro atoms. The van der Waals surface area contributed by atoms with Crippen LogP contribution in [0.4, 0.5) is 0 Å². The lowest BCUT2D eigenvalue weighted by Gasteiger charge is -2.24. The Morgan fingerprint density at radius 3 is 2.47 bits per heavy atom. The van der Waals surface area contributed by atoms with Crippen molar-refractivity contribution in [3.8, 4) is 5.75 Å². The SMILES string of the molecule is CNCCC(C)N(C)Cc1ccc(OC)cc1. The van der Waals surface area contributed by atoms with Gasteiger partial charge in [0.2, 0.25) is 0 Å².